The van der Waals surface area contributed by atoms with E-state index in [0.717, 1.165) is 16.6 Å². The van der Waals surface area contributed by atoms with Gasteiger partial charge in [-0.25, -0.2) is 0 Å². The summed E-state index contributed by atoms with van der Waals surface area (Å²) in [7, 11) is 0. The van der Waals surface area contributed by atoms with Crippen LogP contribution < -0.4 is 5.32 Å². The predicted octanol–water partition coefficient (Wildman–Crippen LogP) is 3.27. The SMILES string of the molecule is CC(CNCC(O)c1ccncc1)c1cccc(Br)c1. The van der Waals surface area contributed by atoms with Crippen LogP contribution in [0.25, 0.3) is 0 Å². The molecule has 0 fully saturated rings. The third-order valence-corrected chi connectivity index (χ3v) is 3.79. The van der Waals surface area contributed by atoms with E-state index in [1.54, 1.807) is 12.4 Å². The normalized spacial score (nSPS) is 13.9. The lowest BCUT2D eigenvalue weighted by atomic mass is 10.0. The molecule has 3 nitrogen and oxygen atoms in total. The van der Waals surface area contributed by atoms with E-state index in [1.165, 1.54) is 5.56 Å². The summed E-state index contributed by atoms with van der Waals surface area (Å²) >= 11 is 3.49. The third-order valence-electron chi connectivity index (χ3n) is 3.30. The van der Waals surface area contributed by atoms with Crippen LogP contribution in [0.3, 0.4) is 0 Å². The average Bonchev–Trinajstić information content (AvgIpc) is 2.48. The highest BCUT2D eigenvalue weighted by molar-refractivity contribution is 9.10. The maximum Gasteiger partial charge on any atom is 0.0915 e. The Hall–Kier alpha value is -1.23. The van der Waals surface area contributed by atoms with Crippen LogP contribution in [0.2, 0.25) is 0 Å². The van der Waals surface area contributed by atoms with E-state index in [0.29, 0.717) is 12.5 Å². The van der Waals surface area contributed by atoms with Gasteiger partial charge < -0.3 is 10.4 Å². The van der Waals surface area contributed by atoms with Crippen molar-refractivity contribution in [2.24, 2.45) is 0 Å². The molecule has 2 N–H and O–H groups in total. The van der Waals surface area contributed by atoms with Crippen molar-refractivity contribution in [3.8, 4) is 0 Å². The largest absolute Gasteiger partial charge is 0.387 e. The summed E-state index contributed by atoms with van der Waals surface area (Å²) in [5.41, 5.74) is 2.17. The molecule has 0 radical (unpaired) electrons. The summed E-state index contributed by atoms with van der Waals surface area (Å²) in [6, 6.07) is 12.0. The molecule has 20 heavy (non-hydrogen) atoms. The van der Waals surface area contributed by atoms with Crippen molar-refractivity contribution in [2.75, 3.05) is 13.1 Å². The van der Waals surface area contributed by atoms with Gasteiger partial charge in [-0.05, 0) is 41.3 Å². The highest BCUT2D eigenvalue weighted by Crippen LogP contribution is 2.19. The van der Waals surface area contributed by atoms with Crippen molar-refractivity contribution in [2.45, 2.75) is 18.9 Å². The number of hydrogen-bond acceptors (Lipinski definition) is 3. The number of aromatic nitrogens is 1. The first kappa shape index (κ1) is 15.2. The molecule has 1 aromatic carbocycles. The molecule has 2 unspecified atom stereocenters. The summed E-state index contributed by atoms with van der Waals surface area (Å²) in [6.45, 7) is 3.55. The van der Waals surface area contributed by atoms with E-state index in [1.807, 2.05) is 24.3 Å². The number of pyridine rings is 1. The van der Waals surface area contributed by atoms with Crippen molar-refractivity contribution >= 4 is 15.9 Å². The molecule has 4 heteroatoms. The van der Waals surface area contributed by atoms with Crippen molar-refractivity contribution < 1.29 is 5.11 Å². The molecule has 0 amide bonds. The molecule has 0 aliphatic carbocycles. The molecule has 0 spiro atoms. The molecule has 0 saturated carbocycles. The smallest absolute Gasteiger partial charge is 0.0915 e. The van der Waals surface area contributed by atoms with Gasteiger partial charge in [-0.3, -0.25) is 4.98 Å². The fourth-order valence-electron chi connectivity index (χ4n) is 2.07. The van der Waals surface area contributed by atoms with E-state index in [2.05, 4.69) is 45.3 Å². The van der Waals surface area contributed by atoms with Crippen LogP contribution >= 0.6 is 15.9 Å². The van der Waals surface area contributed by atoms with Crippen LogP contribution in [0, 0.1) is 0 Å². The molecule has 2 aromatic rings. The fraction of sp³-hybridized carbons (Fsp3) is 0.312. The van der Waals surface area contributed by atoms with Crippen LogP contribution in [-0.4, -0.2) is 23.2 Å². The van der Waals surface area contributed by atoms with Gasteiger partial charge in [0.15, 0.2) is 0 Å². The van der Waals surface area contributed by atoms with Crippen molar-refractivity contribution in [1.82, 2.24) is 10.3 Å². The highest BCUT2D eigenvalue weighted by atomic mass is 79.9. The molecule has 0 aliphatic rings. The highest BCUT2D eigenvalue weighted by Gasteiger charge is 2.09. The summed E-state index contributed by atoms with van der Waals surface area (Å²) < 4.78 is 1.10. The number of nitrogens with zero attached hydrogens (tertiary/aromatic N) is 1. The number of aliphatic hydroxyl groups is 1. The van der Waals surface area contributed by atoms with Crippen LogP contribution in [0.5, 0.6) is 0 Å². The lowest BCUT2D eigenvalue weighted by Gasteiger charge is -2.16. The van der Waals surface area contributed by atoms with Crippen LogP contribution in [0.15, 0.2) is 53.3 Å². The molecule has 0 aliphatic heterocycles. The number of rotatable bonds is 6. The first-order valence-electron chi connectivity index (χ1n) is 6.71. The Morgan fingerprint density at radius 1 is 1.15 bits per heavy atom. The van der Waals surface area contributed by atoms with Gasteiger partial charge in [0.2, 0.25) is 0 Å². The van der Waals surface area contributed by atoms with Crippen LogP contribution in [0.1, 0.15) is 30.1 Å². The predicted molar refractivity (Wildman–Crippen MR) is 84.6 cm³/mol. The average molecular weight is 335 g/mol. The lowest BCUT2D eigenvalue weighted by molar-refractivity contribution is 0.174. The van der Waals surface area contributed by atoms with E-state index < -0.39 is 6.10 Å². The quantitative estimate of drug-likeness (QED) is 0.852. The Kier molecular flexibility index (Phi) is 5.71. The standard InChI is InChI=1S/C16H19BrN2O/c1-12(14-3-2-4-15(17)9-14)10-19-11-16(20)13-5-7-18-8-6-13/h2-9,12,16,19-20H,10-11H2,1H3. The van der Waals surface area contributed by atoms with E-state index >= 15 is 0 Å². The maximum absolute atomic E-state index is 10.1. The minimum Gasteiger partial charge on any atom is -0.387 e. The fourth-order valence-corrected chi connectivity index (χ4v) is 2.49. The summed E-state index contributed by atoms with van der Waals surface area (Å²) in [4.78, 5) is 3.95. The van der Waals surface area contributed by atoms with Gasteiger partial charge in [0, 0.05) is 30.0 Å². The van der Waals surface area contributed by atoms with Gasteiger partial charge >= 0.3 is 0 Å². The second-order valence-electron chi connectivity index (χ2n) is 4.91. The van der Waals surface area contributed by atoms with Gasteiger partial charge in [-0.15, -0.1) is 0 Å². The maximum atomic E-state index is 10.1. The minimum absolute atomic E-state index is 0.400. The van der Waals surface area contributed by atoms with E-state index in [4.69, 9.17) is 0 Å². The molecule has 0 bridgehead atoms. The molecule has 106 valence electrons. The Morgan fingerprint density at radius 3 is 2.60 bits per heavy atom. The number of benzene rings is 1. The monoisotopic (exact) mass is 334 g/mol. The molecule has 1 heterocycles. The minimum atomic E-state index is -0.493. The molecule has 2 rings (SSSR count). The van der Waals surface area contributed by atoms with Crippen molar-refractivity contribution in [3.63, 3.8) is 0 Å². The summed E-state index contributed by atoms with van der Waals surface area (Å²) in [6.07, 6.45) is 2.90. The molecule has 1 aromatic heterocycles. The van der Waals surface area contributed by atoms with Gasteiger partial charge in [0.05, 0.1) is 6.10 Å². The zero-order valence-corrected chi connectivity index (χ0v) is 13.0. The van der Waals surface area contributed by atoms with Crippen molar-refractivity contribution in [1.29, 1.82) is 0 Å². The summed E-state index contributed by atoms with van der Waals surface area (Å²) in [5, 5.41) is 13.4. The number of nitrogens with one attached hydrogen (secondary N) is 1. The third kappa shape index (κ3) is 4.40. The number of hydrogen-bond donors (Lipinski definition) is 2. The van der Waals surface area contributed by atoms with Gasteiger partial charge in [0.25, 0.3) is 0 Å². The summed E-state index contributed by atoms with van der Waals surface area (Å²) in [5.74, 6) is 0.400. The lowest BCUT2D eigenvalue weighted by Crippen LogP contribution is -2.25. The molecular weight excluding hydrogens is 316 g/mol. The number of halogens is 1. The van der Waals surface area contributed by atoms with Crippen LogP contribution in [0.4, 0.5) is 0 Å². The Morgan fingerprint density at radius 2 is 1.90 bits per heavy atom. The Bertz CT molecular complexity index is 533. The molecular formula is C16H19BrN2O. The van der Waals surface area contributed by atoms with E-state index in [-0.39, 0.29) is 0 Å². The Labute approximate surface area is 128 Å². The second kappa shape index (κ2) is 7.53. The molecule has 0 saturated heterocycles. The first-order chi connectivity index (χ1) is 9.66. The molecule has 2 atom stereocenters. The van der Waals surface area contributed by atoms with Gasteiger partial charge in [-0.2, -0.15) is 0 Å². The second-order valence-corrected chi connectivity index (χ2v) is 5.83. The van der Waals surface area contributed by atoms with Crippen molar-refractivity contribution in [3.05, 3.63) is 64.4 Å². The Balaban J connectivity index is 1.81. The van der Waals surface area contributed by atoms with Gasteiger partial charge in [-0.1, -0.05) is 35.0 Å². The van der Waals surface area contributed by atoms with Gasteiger partial charge in [0.1, 0.15) is 0 Å². The first-order valence-corrected chi connectivity index (χ1v) is 7.50. The zero-order chi connectivity index (χ0) is 14.4. The topological polar surface area (TPSA) is 45.1 Å². The number of aliphatic hydroxyl groups excluding tert-OH is 1. The zero-order valence-electron chi connectivity index (χ0n) is 11.5. The van der Waals surface area contributed by atoms with Crippen LogP contribution in [-0.2, 0) is 0 Å². The van der Waals surface area contributed by atoms with E-state index in [9.17, 15) is 5.11 Å².